The number of likely N-dealkylation sites (N-methyl/N-ethyl adjacent to an activating group) is 1. The molecule has 2 heterocycles. The number of nitrogens with zero attached hydrogens (tertiary/aromatic N) is 5. The summed E-state index contributed by atoms with van der Waals surface area (Å²) in [6, 6.07) is 14.8. The van der Waals surface area contributed by atoms with Crippen molar-refractivity contribution in [2.45, 2.75) is 6.04 Å². The van der Waals surface area contributed by atoms with Crippen LogP contribution in [0, 0.1) is 10.1 Å². The average Bonchev–Trinajstić information content (AvgIpc) is 3.41. The summed E-state index contributed by atoms with van der Waals surface area (Å²) in [4.78, 5) is 39.7. The van der Waals surface area contributed by atoms with Crippen molar-refractivity contribution in [3.05, 3.63) is 87.6 Å². The van der Waals surface area contributed by atoms with Crippen molar-refractivity contribution in [1.82, 2.24) is 20.4 Å². The van der Waals surface area contributed by atoms with Crippen LogP contribution in [0.25, 0.3) is 0 Å². The van der Waals surface area contributed by atoms with Crippen molar-refractivity contribution < 1.29 is 14.5 Å². The quantitative estimate of drug-likeness (QED) is 0.503. The number of rotatable bonds is 6. The molecule has 0 spiro atoms. The molecule has 34 heavy (non-hydrogen) atoms. The standard InChI is InChI=1S/C23H23N7O4/c1-28(2)13-18(15-8-4-3-5-9-15)24-23(32)29-12-17-19(14-29)26-27-21(17)25-22(31)16-10-6-7-11-20(16)30(33)34/h3-12,18H,13-14H2,1-2H3,(H,24,32)(H,25,27,31). The van der Waals surface area contributed by atoms with Gasteiger partial charge in [-0.15, -0.1) is 5.10 Å². The maximum Gasteiger partial charge on any atom is 0.322 e. The number of fused-ring (bicyclic) bond motifs is 1. The van der Waals surface area contributed by atoms with E-state index in [0.29, 0.717) is 17.8 Å². The van der Waals surface area contributed by atoms with Crippen LogP contribution in [0.2, 0.25) is 0 Å². The molecule has 0 aromatic heterocycles. The average molecular weight is 461 g/mol. The fraction of sp³-hybridized carbons (Fsp3) is 0.217. The molecule has 1 unspecified atom stereocenters. The number of amides is 3. The summed E-state index contributed by atoms with van der Waals surface area (Å²) < 4.78 is 0. The molecule has 4 rings (SSSR count). The van der Waals surface area contributed by atoms with Crippen molar-refractivity contribution in [1.29, 1.82) is 0 Å². The molecule has 1 atom stereocenters. The molecule has 174 valence electrons. The third-order valence-corrected chi connectivity index (χ3v) is 5.33. The number of nitrogens with one attached hydrogen (secondary N) is 2. The van der Waals surface area contributed by atoms with E-state index in [1.54, 1.807) is 6.20 Å². The highest BCUT2D eigenvalue weighted by atomic mass is 16.6. The summed E-state index contributed by atoms with van der Waals surface area (Å²) in [7, 11) is 3.86. The second-order valence-electron chi connectivity index (χ2n) is 8.07. The number of benzene rings is 2. The van der Waals surface area contributed by atoms with Crippen molar-refractivity contribution >= 4 is 29.2 Å². The molecule has 0 bridgehead atoms. The van der Waals surface area contributed by atoms with Crippen molar-refractivity contribution in [2.24, 2.45) is 10.2 Å². The molecule has 2 aliphatic heterocycles. The van der Waals surface area contributed by atoms with Gasteiger partial charge in [-0.3, -0.25) is 19.8 Å². The van der Waals surface area contributed by atoms with Crippen molar-refractivity contribution in [3.63, 3.8) is 0 Å². The molecule has 0 saturated heterocycles. The number of hydrogen-bond acceptors (Lipinski definition) is 7. The van der Waals surface area contributed by atoms with Gasteiger partial charge in [0.25, 0.3) is 11.6 Å². The van der Waals surface area contributed by atoms with Crippen LogP contribution < -0.4 is 10.6 Å². The molecule has 2 N–H and O–H groups in total. The normalized spacial score (nSPS) is 15.3. The summed E-state index contributed by atoms with van der Waals surface area (Å²) in [5.74, 6) is -0.539. The summed E-state index contributed by atoms with van der Waals surface area (Å²) in [6.45, 7) is 0.804. The highest BCUT2D eigenvalue weighted by molar-refractivity contribution is 6.31. The summed E-state index contributed by atoms with van der Waals surface area (Å²) in [5, 5.41) is 24.9. The minimum absolute atomic E-state index is 0.0914. The molecule has 2 aliphatic rings. The van der Waals surface area contributed by atoms with Gasteiger partial charge >= 0.3 is 6.03 Å². The zero-order valence-electron chi connectivity index (χ0n) is 18.6. The second kappa shape index (κ2) is 9.63. The van der Waals surface area contributed by atoms with Gasteiger partial charge in [-0.25, -0.2) is 4.79 Å². The van der Waals surface area contributed by atoms with Crippen LogP contribution in [0.15, 0.2) is 76.6 Å². The minimum atomic E-state index is -0.679. The number of hydrogen-bond donors (Lipinski definition) is 2. The number of para-hydroxylation sites is 1. The molecule has 0 aliphatic carbocycles. The fourth-order valence-corrected chi connectivity index (χ4v) is 3.71. The number of urea groups is 1. The Morgan fingerprint density at radius 1 is 1.12 bits per heavy atom. The number of amidine groups is 1. The van der Waals surface area contributed by atoms with Crippen molar-refractivity contribution in [2.75, 3.05) is 27.2 Å². The highest BCUT2D eigenvalue weighted by Crippen LogP contribution is 2.22. The molecular formula is C23H23N7O4. The first-order valence-electron chi connectivity index (χ1n) is 10.5. The van der Waals surface area contributed by atoms with Crippen LogP contribution in [0.4, 0.5) is 10.5 Å². The van der Waals surface area contributed by atoms with Crippen LogP contribution >= 0.6 is 0 Å². The van der Waals surface area contributed by atoms with E-state index in [4.69, 9.17) is 0 Å². The maximum atomic E-state index is 13.0. The van der Waals surface area contributed by atoms with Gasteiger partial charge in [-0.2, -0.15) is 5.10 Å². The smallest absolute Gasteiger partial charge is 0.322 e. The minimum Gasteiger partial charge on any atom is -0.330 e. The van der Waals surface area contributed by atoms with E-state index in [1.807, 2.05) is 49.3 Å². The number of nitro benzene ring substituents is 1. The molecule has 2 aromatic rings. The summed E-state index contributed by atoms with van der Waals surface area (Å²) >= 11 is 0. The van der Waals surface area contributed by atoms with Gasteiger partial charge in [0, 0.05) is 18.8 Å². The van der Waals surface area contributed by atoms with Gasteiger partial charge in [0.05, 0.1) is 28.8 Å². The van der Waals surface area contributed by atoms with Crippen LogP contribution in [0.1, 0.15) is 22.0 Å². The Hall–Kier alpha value is -4.38. The van der Waals surface area contributed by atoms with E-state index in [2.05, 4.69) is 20.8 Å². The van der Waals surface area contributed by atoms with E-state index in [1.165, 1.54) is 29.2 Å². The molecular weight excluding hydrogens is 438 g/mol. The topological polar surface area (TPSA) is 133 Å². The van der Waals surface area contributed by atoms with Crippen LogP contribution in [-0.4, -0.2) is 65.4 Å². The zero-order valence-corrected chi connectivity index (χ0v) is 18.6. The van der Waals surface area contributed by atoms with Gasteiger partial charge in [0.1, 0.15) is 5.56 Å². The van der Waals surface area contributed by atoms with E-state index in [-0.39, 0.29) is 35.7 Å². The lowest BCUT2D eigenvalue weighted by molar-refractivity contribution is -0.385. The van der Waals surface area contributed by atoms with E-state index < -0.39 is 10.8 Å². The van der Waals surface area contributed by atoms with Crippen LogP contribution in [0.5, 0.6) is 0 Å². The molecule has 11 heteroatoms. The lowest BCUT2D eigenvalue weighted by Crippen LogP contribution is -2.41. The Labute approximate surface area is 195 Å². The van der Waals surface area contributed by atoms with Gasteiger partial charge < -0.3 is 15.5 Å². The SMILES string of the molecule is CN(C)CC(NC(=O)N1C=C2C(=NN=C2NC(=O)c2ccccc2[N+](=O)[O-])C1)c1ccccc1. The molecule has 0 radical (unpaired) electrons. The monoisotopic (exact) mass is 461 g/mol. The second-order valence-corrected chi connectivity index (χ2v) is 8.07. The first-order chi connectivity index (χ1) is 16.3. The van der Waals surface area contributed by atoms with Gasteiger partial charge in [-0.05, 0) is 25.7 Å². The Balaban J connectivity index is 1.46. The Morgan fingerprint density at radius 2 is 1.82 bits per heavy atom. The van der Waals surface area contributed by atoms with Gasteiger partial charge in [0.2, 0.25) is 0 Å². The zero-order chi connectivity index (χ0) is 24.2. The summed E-state index contributed by atoms with van der Waals surface area (Å²) in [5.41, 5.74) is 1.59. The summed E-state index contributed by atoms with van der Waals surface area (Å²) in [6.07, 6.45) is 1.57. The lowest BCUT2D eigenvalue weighted by Gasteiger charge is -2.25. The number of nitro groups is 1. The van der Waals surface area contributed by atoms with E-state index in [9.17, 15) is 19.7 Å². The third kappa shape index (κ3) is 4.84. The lowest BCUT2D eigenvalue weighted by atomic mass is 10.1. The molecule has 2 aromatic carbocycles. The first kappa shape index (κ1) is 22.8. The van der Waals surface area contributed by atoms with Crippen molar-refractivity contribution in [3.8, 4) is 0 Å². The fourth-order valence-electron chi connectivity index (χ4n) is 3.71. The predicted molar refractivity (Wildman–Crippen MR) is 126 cm³/mol. The Kier molecular flexibility index (Phi) is 6.46. The number of carbonyl (C=O) groups excluding carboxylic acids is 2. The van der Waals surface area contributed by atoms with Crippen LogP contribution in [0.3, 0.4) is 0 Å². The van der Waals surface area contributed by atoms with E-state index >= 15 is 0 Å². The Morgan fingerprint density at radius 3 is 2.53 bits per heavy atom. The molecule has 0 saturated carbocycles. The number of carbonyl (C=O) groups is 2. The Bertz CT molecular complexity index is 1220. The highest BCUT2D eigenvalue weighted by Gasteiger charge is 2.33. The van der Waals surface area contributed by atoms with Gasteiger partial charge in [-0.1, -0.05) is 42.5 Å². The maximum absolute atomic E-state index is 13.0. The molecule has 3 amide bonds. The van der Waals surface area contributed by atoms with Crippen LogP contribution in [-0.2, 0) is 0 Å². The molecule has 11 nitrogen and oxygen atoms in total. The third-order valence-electron chi connectivity index (χ3n) is 5.33. The predicted octanol–water partition coefficient (Wildman–Crippen LogP) is 2.30. The van der Waals surface area contributed by atoms with E-state index in [0.717, 1.165) is 5.56 Å². The molecule has 0 fully saturated rings. The first-order valence-corrected chi connectivity index (χ1v) is 10.5. The largest absolute Gasteiger partial charge is 0.330 e. The van der Waals surface area contributed by atoms with Gasteiger partial charge in [0.15, 0.2) is 5.84 Å².